The molecule has 2 aliphatic rings. The van der Waals surface area contributed by atoms with E-state index in [1.165, 1.54) is 0 Å². The minimum absolute atomic E-state index is 0.0908. The van der Waals surface area contributed by atoms with Crippen molar-refractivity contribution >= 4 is 11.8 Å². The highest BCUT2D eigenvalue weighted by Gasteiger charge is 2.42. The van der Waals surface area contributed by atoms with E-state index in [0.717, 1.165) is 38.5 Å². The van der Waals surface area contributed by atoms with Gasteiger partial charge in [-0.15, -0.1) is 0 Å². The monoisotopic (exact) mass is 252 g/mol. The summed E-state index contributed by atoms with van der Waals surface area (Å²) >= 11 is 0. The molecule has 2 amide bonds. The fourth-order valence-electron chi connectivity index (χ4n) is 3.11. The average Bonchev–Trinajstić information content (AvgIpc) is 2.40. The Morgan fingerprint density at radius 2 is 1.89 bits per heavy atom. The van der Waals surface area contributed by atoms with Gasteiger partial charge in [0.1, 0.15) is 0 Å². The van der Waals surface area contributed by atoms with E-state index in [2.05, 4.69) is 12.2 Å². The third-order valence-corrected chi connectivity index (χ3v) is 4.42. The molecular formula is C14H24N2O2. The van der Waals surface area contributed by atoms with Crippen LogP contribution >= 0.6 is 0 Å². The second-order valence-electron chi connectivity index (χ2n) is 5.72. The molecule has 0 radical (unpaired) electrons. The highest BCUT2D eigenvalue weighted by atomic mass is 16.2. The van der Waals surface area contributed by atoms with E-state index in [1.807, 2.05) is 7.05 Å². The Labute approximate surface area is 109 Å². The molecular weight excluding hydrogens is 228 g/mol. The summed E-state index contributed by atoms with van der Waals surface area (Å²) in [4.78, 5) is 25.9. The van der Waals surface area contributed by atoms with E-state index in [1.54, 1.807) is 4.90 Å². The zero-order valence-corrected chi connectivity index (χ0v) is 11.4. The van der Waals surface area contributed by atoms with E-state index in [4.69, 9.17) is 0 Å². The number of hydrogen-bond acceptors (Lipinski definition) is 3. The summed E-state index contributed by atoms with van der Waals surface area (Å²) in [5.74, 6) is 0.437. The minimum Gasteiger partial charge on any atom is -0.317 e. The van der Waals surface area contributed by atoms with Crippen molar-refractivity contribution < 1.29 is 9.59 Å². The summed E-state index contributed by atoms with van der Waals surface area (Å²) in [7, 11) is 1.94. The van der Waals surface area contributed by atoms with Crippen molar-refractivity contribution in [1.29, 1.82) is 0 Å². The van der Waals surface area contributed by atoms with Crippen LogP contribution in [0, 0.1) is 11.8 Å². The fourth-order valence-corrected chi connectivity index (χ4v) is 3.11. The molecule has 1 saturated carbocycles. The first-order valence-corrected chi connectivity index (χ1v) is 7.16. The molecule has 4 heteroatoms. The van der Waals surface area contributed by atoms with Gasteiger partial charge < -0.3 is 5.32 Å². The fraction of sp³-hybridized carbons (Fsp3) is 0.857. The Morgan fingerprint density at radius 1 is 1.28 bits per heavy atom. The van der Waals surface area contributed by atoms with Gasteiger partial charge in [-0.25, -0.2) is 0 Å². The molecule has 3 unspecified atom stereocenters. The maximum absolute atomic E-state index is 12.2. The molecule has 1 N–H and O–H groups in total. The van der Waals surface area contributed by atoms with Crippen LogP contribution in [-0.4, -0.2) is 36.3 Å². The first kappa shape index (κ1) is 13.5. The molecule has 18 heavy (non-hydrogen) atoms. The van der Waals surface area contributed by atoms with Crippen molar-refractivity contribution in [3.05, 3.63) is 0 Å². The topological polar surface area (TPSA) is 49.4 Å². The molecule has 0 aromatic heterocycles. The second kappa shape index (κ2) is 5.83. The number of nitrogens with zero attached hydrogens (tertiary/aromatic N) is 1. The molecule has 3 atom stereocenters. The molecule has 2 fully saturated rings. The lowest BCUT2D eigenvalue weighted by atomic mass is 9.77. The lowest BCUT2D eigenvalue weighted by Crippen LogP contribution is -2.51. The Kier molecular flexibility index (Phi) is 4.38. The SMILES string of the molecule is CNC(C)CCCN1C(=O)C2CCCC(C2)C1=O. The standard InChI is InChI=1S/C14H24N2O2/c1-10(15-2)5-4-8-16-13(17)11-6-3-7-12(9-11)14(16)18/h10-12,15H,3-9H2,1-2H3. The Hall–Kier alpha value is -0.900. The molecule has 1 saturated heterocycles. The van der Waals surface area contributed by atoms with E-state index in [-0.39, 0.29) is 23.7 Å². The van der Waals surface area contributed by atoms with Gasteiger partial charge in [-0.1, -0.05) is 6.42 Å². The van der Waals surface area contributed by atoms with Gasteiger partial charge in [0.2, 0.25) is 11.8 Å². The Morgan fingerprint density at radius 3 is 2.44 bits per heavy atom. The predicted molar refractivity (Wildman–Crippen MR) is 69.9 cm³/mol. The van der Waals surface area contributed by atoms with Crippen LogP contribution < -0.4 is 5.32 Å². The van der Waals surface area contributed by atoms with Gasteiger partial charge in [0.15, 0.2) is 0 Å². The number of likely N-dealkylation sites (tertiary alicyclic amines) is 1. The van der Waals surface area contributed by atoms with Gasteiger partial charge in [-0.05, 0) is 46.1 Å². The van der Waals surface area contributed by atoms with Crippen LogP contribution in [0.15, 0.2) is 0 Å². The molecule has 0 aromatic rings. The Bertz CT molecular complexity index is 308. The molecule has 102 valence electrons. The van der Waals surface area contributed by atoms with E-state index < -0.39 is 0 Å². The van der Waals surface area contributed by atoms with E-state index >= 15 is 0 Å². The Balaban J connectivity index is 1.90. The summed E-state index contributed by atoms with van der Waals surface area (Å²) in [5, 5.41) is 3.18. The first-order chi connectivity index (χ1) is 8.63. The molecule has 1 aliphatic carbocycles. The quantitative estimate of drug-likeness (QED) is 0.755. The van der Waals surface area contributed by atoms with E-state index in [9.17, 15) is 9.59 Å². The van der Waals surface area contributed by atoms with Crippen LogP contribution in [0.2, 0.25) is 0 Å². The van der Waals surface area contributed by atoms with Gasteiger partial charge >= 0.3 is 0 Å². The maximum atomic E-state index is 12.2. The smallest absolute Gasteiger partial charge is 0.232 e. The number of nitrogens with one attached hydrogen (secondary N) is 1. The number of piperidine rings is 1. The van der Waals surface area contributed by atoms with Crippen LogP contribution in [0.3, 0.4) is 0 Å². The molecule has 4 nitrogen and oxygen atoms in total. The normalized spacial score (nSPS) is 29.6. The van der Waals surface area contributed by atoms with Crippen LogP contribution in [0.25, 0.3) is 0 Å². The van der Waals surface area contributed by atoms with E-state index in [0.29, 0.717) is 12.6 Å². The number of fused-ring (bicyclic) bond motifs is 2. The average molecular weight is 252 g/mol. The van der Waals surface area contributed by atoms with Crippen LogP contribution in [0.1, 0.15) is 45.4 Å². The summed E-state index contributed by atoms with van der Waals surface area (Å²) in [6.45, 7) is 2.73. The van der Waals surface area contributed by atoms with Gasteiger partial charge in [0.25, 0.3) is 0 Å². The maximum Gasteiger partial charge on any atom is 0.232 e. The number of amides is 2. The highest BCUT2D eigenvalue weighted by Crippen LogP contribution is 2.36. The number of carbonyl (C=O) groups is 2. The molecule has 0 spiro atoms. The molecule has 2 rings (SSSR count). The van der Waals surface area contributed by atoms with Crippen LogP contribution in [-0.2, 0) is 9.59 Å². The van der Waals surface area contributed by atoms with Gasteiger partial charge in [0, 0.05) is 24.4 Å². The second-order valence-corrected chi connectivity index (χ2v) is 5.72. The van der Waals surface area contributed by atoms with Gasteiger partial charge in [0.05, 0.1) is 0 Å². The van der Waals surface area contributed by atoms with Gasteiger partial charge in [-0.2, -0.15) is 0 Å². The molecule has 2 bridgehead atoms. The zero-order chi connectivity index (χ0) is 13.1. The molecule has 0 aromatic carbocycles. The first-order valence-electron chi connectivity index (χ1n) is 7.16. The summed E-state index contributed by atoms with van der Waals surface area (Å²) in [5.41, 5.74) is 0. The van der Waals surface area contributed by atoms with Crippen molar-refractivity contribution in [2.75, 3.05) is 13.6 Å². The van der Waals surface area contributed by atoms with Crippen molar-refractivity contribution in [2.45, 2.75) is 51.5 Å². The number of carbonyl (C=O) groups excluding carboxylic acids is 2. The predicted octanol–water partition coefficient (Wildman–Crippen LogP) is 1.55. The van der Waals surface area contributed by atoms with Crippen molar-refractivity contribution in [2.24, 2.45) is 11.8 Å². The third-order valence-electron chi connectivity index (χ3n) is 4.42. The number of imide groups is 1. The van der Waals surface area contributed by atoms with Crippen molar-refractivity contribution in [1.82, 2.24) is 10.2 Å². The van der Waals surface area contributed by atoms with Crippen LogP contribution in [0.4, 0.5) is 0 Å². The lowest BCUT2D eigenvalue weighted by Gasteiger charge is -2.39. The third kappa shape index (κ3) is 2.74. The van der Waals surface area contributed by atoms with Gasteiger partial charge in [-0.3, -0.25) is 14.5 Å². The lowest BCUT2D eigenvalue weighted by molar-refractivity contribution is -0.158. The summed E-state index contributed by atoms with van der Waals surface area (Å²) in [6.07, 6.45) is 5.71. The van der Waals surface area contributed by atoms with Crippen molar-refractivity contribution in [3.8, 4) is 0 Å². The molecule has 1 heterocycles. The van der Waals surface area contributed by atoms with Crippen molar-refractivity contribution in [3.63, 3.8) is 0 Å². The largest absolute Gasteiger partial charge is 0.317 e. The summed E-state index contributed by atoms with van der Waals surface area (Å²) < 4.78 is 0. The number of hydrogen-bond donors (Lipinski definition) is 1. The minimum atomic E-state index is 0.0908. The van der Waals surface area contributed by atoms with Crippen LogP contribution in [0.5, 0.6) is 0 Å². The summed E-state index contributed by atoms with van der Waals surface area (Å²) in [6, 6.07) is 0.444. The highest BCUT2D eigenvalue weighted by molar-refractivity contribution is 6.00. The zero-order valence-electron chi connectivity index (χ0n) is 11.4. The number of rotatable bonds is 5. The molecule has 1 aliphatic heterocycles.